The summed E-state index contributed by atoms with van der Waals surface area (Å²) >= 11 is 5.23. The van der Waals surface area contributed by atoms with Crippen LogP contribution in [-0.2, 0) is 0 Å². The number of hydrogen-bond acceptors (Lipinski definition) is 3. The maximum absolute atomic E-state index is 5.57. The first-order valence-corrected chi connectivity index (χ1v) is 7.06. The van der Waals surface area contributed by atoms with E-state index in [1.54, 1.807) is 0 Å². The first kappa shape index (κ1) is 15.6. The Morgan fingerprint density at radius 1 is 1.16 bits per heavy atom. The minimum atomic E-state index is 0.594. The van der Waals surface area contributed by atoms with Crippen molar-refractivity contribution in [3.8, 4) is 11.5 Å². The standard InChI is InChI=1S/C14H22N2O2S/c1-4-9-15-14(19)16-12-10-11(17-5-2)7-8-13(12)18-6-3/h7-8,10H,4-6,9H2,1-3H3,(H2,15,16,19). The van der Waals surface area contributed by atoms with Crippen molar-refractivity contribution in [3.05, 3.63) is 18.2 Å². The van der Waals surface area contributed by atoms with Gasteiger partial charge in [-0.25, -0.2) is 0 Å². The number of anilines is 1. The van der Waals surface area contributed by atoms with Crippen LogP contribution in [0.4, 0.5) is 5.69 Å². The van der Waals surface area contributed by atoms with Crippen molar-refractivity contribution in [2.24, 2.45) is 0 Å². The molecule has 0 spiro atoms. The zero-order valence-electron chi connectivity index (χ0n) is 11.8. The quantitative estimate of drug-likeness (QED) is 0.752. The van der Waals surface area contributed by atoms with Crippen LogP contribution in [0.5, 0.6) is 11.5 Å². The molecule has 0 aliphatic carbocycles. The predicted octanol–water partition coefficient (Wildman–Crippen LogP) is 3.18. The van der Waals surface area contributed by atoms with Crippen LogP contribution in [0.3, 0.4) is 0 Å². The van der Waals surface area contributed by atoms with Gasteiger partial charge in [0.25, 0.3) is 0 Å². The maximum atomic E-state index is 5.57. The summed E-state index contributed by atoms with van der Waals surface area (Å²) in [5.41, 5.74) is 0.821. The lowest BCUT2D eigenvalue weighted by Crippen LogP contribution is -2.29. The summed E-state index contributed by atoms with van der Waals surface area (Å²) in [6, 6.07) is 5.68. The van der Waals surface area contributed by atoms with Gasteiger partial charge in [-0.1, -0.05) is 6.92 Å². The Labute approximate surface area is 120 Å². The number of thiocarbonyl (C=S) groups is 1. The van der Waals surface area contributed by atoms with Crippen molar-refractivity contribution in [3.63, 3.8) is 0 Å². The molecule has 0 heterocycles. The summed E-state index contributed by atoms with van der Waals surface area (Å²) in [6.45, 7) is 8.09. The van der Waals surface area contributed by atoms with Crippen LogP contribution in [0.2, 0.25) is 0 Å². The van der Waals surface area contributed by atoms with Crippen LogP contribution in [0.1, 0.15) is 27.2 Å². The zero-order valence-corrected chi connectivity index (χ0v) is 12.6. The summed E-state index contributed by atoms with van der Waals surface area (Å²) < 4.78 is 11.1. The normalized spacial score (nSPS) is 9.84. The average Bonchev–Trinajstić information content (AvgIpc) is 2.40. The maximum Gasteiger partial charge on any atom is 0.170 e. The van der Waals surface area contributed by atoms with E-state index in [9.17, 15) is 0 Å². The first-order valence-electron chi connectivity index (χ1n) is 6.65. The van der Waals surface area contributed by atoms with Crippen LogP contribution in [0, 0.1) is 0 Å². The smallest absolute Gasteiger partial charge is 0.170 e. The molecule has 5 heteroatoms. The second-order valence-corrected chi connectivity index (χ2v) is 4.31. The van der Waals surface area contributed by atoms with Gasteiger partial charge in [-0.15, -0.1) is 0 Å². The molecule has 0 atom stereocenters. The van der Waals surface area contributed by atoms with E-state index < -0.39 is 0 Å². The lowest BCUT2D eigenvalue weighted by Gasteiger charge is -2.15. The van der Waals surface area contributed by atoms with Crippen molar-refractivity contribution in [2.75, 3.05) is 25.1 Å². The van der Waals surface area contributed by atoms with Crippen molar-refractivity contribution < 1.29 is 9.47 Å². The van der Waals surface area contributed by atoms with E-state index in [2.05, 4.69) is 17.6 Å². The number of hydrogen-bond donors (Lipinski definition) is 2. The van der Waals surface area contributed by atoms with Gasteiger partial charge in [-0.2, -0.15) is 0 Å². The molecular weight excluding hydrogens is 260 g/mol. The Bertz CT molecular complexity index is 410. The predicted molar refractivity (Wildman–Crippen MR) is 83.3 cm³/mol. The van der Waals surface area contributed by atoms with Gasteiger partial charge in [0.05, 0.1) is 18.9 Å². The van der Waals surface area contributed by atoms with Crippen LogP contribution in [0.25, 0.3) is 0 Å². The largest absolute Gasteiger partial charge is 0.494 e. The summed E-state index contributed by atoms with van der Waals surface area (Å²) in [5.74, 6) is 1.57. The molecule has 2 N–H and O–H groups in total. The Morgan fingerprint density at radius 3 is 2.53 bits per heavy atom. The molecule has 19 heavy (non-hydrogen) atoms. The van der Waals surface area contributed by atoms with Gasteiger partial charge in [0, 0.05) is 12.6 Å². The van der Waals surface area contributed by atoms with Crippen molar-refractivity contribution in [1.29, 1.82) is 0 Å². The number of ether oxygens (including phenoxy) is 2. The highest BCUT2D eigenvalue weighted by Crippen LogP contribution is 2.29. The minimum absolute atomic E-state index is 0.594. The van der Waals surface area contributed by atoms with E-state index in [4.69, 9.17) is 21.7 Å². The number of nitrogens with one attached hydrogen (secondary N) is 2. The Kier molecular flexibility index (Phi) is 7.03. The van der Waals surface area contributed by atoms with Gasteiger partial charge in [-0.05, 0) is 44.6 Å². The van der Waals surface area contributed by atoms with Crippen molar-refractivity contribution in [2.45, 2.75) is 27.2 Å². The molecule has 0 fully saturated rings. The zero-order chi connectivity index (χ0) is 14.1. The number of rotatable bonds is 7. The lowest BCUT2D eigenvalue weighted by molar-refractivity contribution is 0.332. The Hall–Kier alpha value is -1.49. The lowest BCUT2D eigenvalue weighted by atomic mass is 10.2. The molecule has 0 bridgehead atoms. The Balaban J connectivity index is 2.80. The first-order chi connectivity index (χ1) is 9.21. The van der Waals surface area contributed by atoms with Gasteiger partial charge in [0.1, 0.15) is 11.5 Å². The molecule has 0 aliphatic rings. The summed E-state index contributed by atoms with van der Waals surface area (Å²) in [4.78, 5) is 0. The molecule has 1 aromatic rings. The molecule has 1 aromatic carbocycles. The third kappa shape index (κ3) is 5.34. The fraction of sp³-hybridized carbons (Fsp3) is 0.500. The van der Waals surface area contributed by atoms with Crippen LogP contribution < -0.4 is 20.1 Å². The molecule has 0 saturated carbocycles. The molecule has 1 rings (SSSR count). The van der Waals surface area contributed by atoms with E-state index in [-0.39, 0.29) is 0 Å². The SMILES string of the molecule is CCCNC(=S)Nc1cc(OCC)ccc1OCC. The minimum Gasteiger partial charge on any atom is -0.494 e. The third-order valence-electron chi connectivity index (χ3n) is 2.35. The van der Waals surface area contributed by atoms with Crippen LogP contribution in [-0.4, -0.2) is 24.9 Å². The van der Waals surface area contributed by atoms with Crippen molar-refractivity contribution in [1.82, 2.24) is 5.32 Å². The second-order valence-electron chi connectivity index (χ2n) is 3.90. The van der Waals surface area contributed by atoms with E-state index >= 15 is 0 Å². The van der Waals surface area contributed by atoms with Crippen LogP contribution in [0.15, 0.2) is 18.2 Å². The highest BCUT2D eigenvalue weighted by molar-refractivity contribution is 7.80. The van der Waals surface area contributed by atoms with Crippen molar-refractivity contribution >= 4 is 23.0 Å². The second kappa shape index (κ2) is 8.58. The molecular formula is C14H22N2O2S. The summed E-state index contributed by atoms with van der Waals surface area (Å²) in [6.07, 6.45) is 1.03. The summed E-state index contributed by atoms with van der Waals surface area (Å²) in [5, 5.41) is 6.86. The van der Waals surface area contributed by atoms with Gasteiger partial charge < -0.3 is 20.1 Å². The van der Waals surface area contributed by atoms with Gasteiger partial charge >= 0.3 is 0 Å². The molecule has 0 unspecified atom stereocenters. The molecule has 0 amide bonds. The molecule has 106 valence electrons. The topological polar surface area (TPSA) is 42.5 Å². The molecule has 0 radical (unpaired) electrons. The molecule has 0 aliphatic heterocycles. The van der Waals surface area contributed by atoms with E-state index in [0.29, 0.717) is 18.3 Å². The molecule has 0 aromatic heterocycles. The molecule has 4 nitrogen and oxygen atoms in total. The average molecular weight is 282 g/mol. The van der Waals surface area contributed by atoms with E-state index in [1.807, 2.05) is 32.0 Å². The highest BCUT2D eigenvalue weighted by atomic mass is 32.1. The number of benzene rings is 1. The fourth-order valence-electron chi connectivity index (χ4n) is 1.55. The monoisotopic (exact) mass is 282 g/mol. The van der Waals surface area contributed by atoms with E-state index in [0.717, 1.165) is 30.2 Å². The summed E-state index contributed by atoms with van der Waals surface area (Å²) in [7, 11) is 0. The third-order valence-corrected chi connectivity index (χ3v) is 2.59. The van der Waals surface area contributed by atoms with Gasteiger partial charge in [0.15, 0.2) is 5.11 Å². The van der Waals surface area contributed by atoms with E-state index in [1.165, 1.54) is 0 Å². The van der Waals surface area contributed by atoms with Gasteiger partial charge in [0.2, 0.25) is 0 Å². The van der Waals surface area contributed by atoms with Gasteiger partial charge in [-0.3, -0.25) is 0 Å². The fourth-order valence-corrected chi connectivity index (χ4v) is 1.76. The highest BCUT2D eigenvalue weighted by Gasteiger charge is 2.07. The van der Waals surface area contributed by atoms with Crippen LogP contribution >= 0.6 is 12.2 Å². The molecule has 0 saturated heterocycles. The Morgan fingerprint density at radius 2 is 1.89 bits per heavy atom.